The zero-order valence-electron chi connectivity index (χ0n) is 14.3. The van der Waals surface area contributed by atoms with Crippen molar-refractivity contribution < 1.29 is 14.4 Å². The highest BCUT2D eigenvalue weighted by molar-refractivity contribution is 5.95. The van der Waals surface area contributed by atoms with Crippen LogP contribution in [0.4, 0.5) is 4.79 Å². The molecule has 2 rings (SSSR count). The van der Waals surface area contributed by atoms with Gasteiger partial charge in [-0.05, 0) is 38.3 Å². The number of nitrogens with zero attached hydrogens (tertiary/aromatic N) is 1. The quantitative estimate of drug-likeness (QED) is 0.750. The van der Waals surface area contributed by atoms with Crippen LogP contribution in [0.25, 0.3) is 0 Å². The fourth-order valence-electron chi connectivity index (χ4n) is 2.75. The van der Waals surface area contributed by atoms with Crippen LogP contribution in [0, 0.1) is 0 Å². The standard InChI is InChI=1S/C17H24N4O3/c1-17(2,3)20-16(24)19-14(22)10-21-9-12-7-5-4-6-11(12)8-13(21)15(18)23/h4-7,13H,8-10H2,1-3H3,(H2,18,23)(H2,19,20,22,24)/t13-/m0/s1. The number of benzene rings is 1. The fraction of sp³-hybridized carbons (Fsp3) is 0.471. The van der Waals surface area contributed by atoms with Gasteiger partial charge in [0.15, 0.2) is 0 Å². The molecule has 0 fully saturated rings. The molecule has 1 atom stereocenters. The number of primary amides is 1. The summed E-state index contributed by atoms with van der Waals surface area (Å²) in [5, 5.41) is 4.94. The Bertz CT molecular complexity index is 651. The normalized spacial score (nSPS) is 17.7. The predicted octanol–water partition coefficient (Wildman–Crippen LogP) is 0.523. The van der Waals surface area contributed by atoms with Gasteiger partial charge in [-0.3, -0.25) is 19.8 Å². The molecule has 1 aromatic rings. The molecule has 1 heterocycles. The number of hydrogen-bond acceptors (Lipinski definition) is 4. The number of carbonyl (C=O) groups excluding carboxylic acids is 3. The first-order valence-electron chi connectivity index (χ1n) is 7.88. The molecule has 130 valence electrons. The molecule has 4 amide bonds. The van der Waals surface area contributed by atoms with Gasteiger partial charge >= 0.3 is 6.03 Å². The van der Waals surface area contributed by atoms with Crippen molar-refractivity contribution in [3.8, 4) is 0 Å². The van der Waals surface area contributed by atoms with Crippen LogP contribution < -0.4 is 16.4 Å². The molecule has 1 aromatic carbocycles. The monoisotopic (exact) mass is 332 g/mol. The molecule has 0 saturated carbocycles. The topological polar surface area (TPSA) is 105 Å². The molecular weight excluding hydrogens is 308 g/mol. The van der Waals surface area contributed by atoms with E-state index in [4.69, 9.17) is 5.73 Å². The van der Waals surface area contributed by atoms with Crippen molar-refractivity contribution in [3.63, 3.8) is 0 Å². The second kappa shape index (κ2) is 7.00. The molecular formula is C17H24N4O3. The Labute approximate surface area is 141 Å². The zero-order valence-corrected chi connectivity index (χ0v) is 14.3. The minimum atomic E-state index is -0.559. The van der Waals surface area contributed by atoms with Gasteiger partial charge in [0.1, 0.15) is 0 Å². The van der Waals surface area contributed by atoms with Crippen LogP contribution in [0.1, 0.15) is 31.9 Å². The molecule has 0 radical (unpaired) electrons. The number of fused-ring (bicyclic) bond motifs is 1. The number of hydrogen-bond donors (Lipinski definition) is 3. The summed E-state index contributed by atoms with van der Waals surface area (Å²) < 4.78 is 0. The van der Waals surface area contributed by atoms with Crippen molar-refractivity contribution in [2.24, 2.45) is 5.73 Å². The number of amides is 4. The third-order valence-electron chi connectivity index (χ3n) is 3.76. The average Bonchev–Trinajstić information content (AvgIpc) is 2.43. The largest absolute Gasteiger partial charge is 0.368 e. The van der Waals surface area contributed by atoms with Gasteiger partial charge < -0.3 is 11.1 Å². The number of rotatable bonds is 3. The van der Waals surface area contributed by atoms with Crippen molar-refractivity contribution in [2.75, 3.05) is 6.54 Å². The van der Waals surface area contributed by atoms with Gasteiger partial charge in [0.25, 0.3) is 0 Å². The Balaban J connectivity index is 2.03. The summed E-state index contributed by atoms with van der Waals surface area (Å²) in [4.78, 5) is 37.3. The molecule has 1 aliphatic rings. The van der Waals surface area contributed by atoms with E-state index in [0.717, 1.165) is 11.1 Å². The van der Waals surface area contributed by atoms with Gasteiger partial charge in [-0.25, -0.2) is 4.79 Å². The molecule has 0 aromatic heterocycles. The maximum Gasteiger partial charge on any atom is 0.321 e. The van der Waals surface area contributed by atoms with Gasteiger partial charge in [0.2, 0.25) is 11.8 Å². The number of nitrogens with one attached hydrogen (secondary N) is 2. The molecule has 7 nitrogen and oxygen atoms in total. The number of carbonyl (C=O) groups is 3. The highest BCUT2D eigenvalue weighted by atomic mass is 16.2. The van der Waals surface area contributed by atoms with Crippen molar-refractivity contribution in [1.82, 2.24) is 15.5 Å². The third-order valence-corrected chi connectivity index (χ3v) is 3.76. The molecule has 0 saturated heterocycles. The maximum absolute atomic E-state index is 12.1. The molecule has 0 bridgehead atoms. The average molecular weight is 332 g/mol. The van der Waals surface area contributed by atoms with Crippen LogP contribution in [0.5, 0.6) is 0 Å². The van der Waals surface area contributed by atoms with E-state index < -0.39 is 29.4 Å². The lowest BCUT2D eigenvalue weighted by Gasteiger charge is -2.34. The molecule has 1 aliphatic heterocycles. The van der Waals surface area contributed by atoms with Crippen molar-refractivity contribution in [2.45, 2.75) is 45.3 Å². The van der Waals surface area contributed by atoms with Gasteiger partial charge in [0, 0.05) is 12.1 Å². The molecule has 0 spiro atoms. The highest BCUT2D eigenvalue weighted by Crippen LogP contribution is 2.22. The SMILES string of the molecule is CC(C)(C)NC(=O)NC(=O)CN1Cc2ccccc2C[C@H]1C(N)=O. The van der Waals surface area contributed by atoms with Crippen LogP contribution in [-0.4, -0.2) is 40.9 Å². The molecule has 0 unspecified atom stereocenters. The van der Waals surface area contributed by atoms with Crippen LogP contribution in [-0.2, 0) is 22.6 Å². The van der Waals surface area contributed by atoms with Crippen molar-refractivity contribution in [1.29, 1.82) is 0 Å². The number of imide groups is 1. The summed E-state index contributed by atoms with van der Waals surface area (Å²) in [7, 11) is 0. The lowest BCUT2D eigenvalue weighted by atomic mass is 9.93. The second-order valence-electron chi connectivity index (χ2n) is 7.05. The second-order valence-corrected chi connectivity index (χ2v) is 7.05. The Hall–Kier alpha value is -2.41. The van der Waals surface area contributed by atoms with E-state index in [2.05, 4.69) is 10.6 Å². The molecule has 4 N–H and O–H groups in total. The fourth-order valence-corrected chi connectivity index (χ4v) is 2.75. The third kappa shape index (κ3) is 4.79. The van der Waals surface area contributed by atoms with Gasteiger partial charge in [-0.1, -0.05) is 24.3 Å². The first kappa shape index (κ1) is 17.9. The Kier molecular flexibility index (Phi) is 5.23. The summed E-state index contributed by atoms with van der Waals surface area (Å²) in [6, 6.07) is 6.63. The summed E-state index contributed by atoms with van der Waals surface area (Å²) in [6.07, 6.45) is 0.465. The summed E-state index contributed by atoms with van der Waals surface area (Å²) in [6.45, 7) is 5.84. The van der Waals surface area contributed by atoms with E-state index in [-0.39, 0.29) is 6.54 Å². The Morgan fingerprint density at radius 3 is 2.42 bits per heavy atom. The van der Waals surface area contributed by atoms with Gasteiger partial charge in [0.05, 0.1) is 12.6 Å². The first-order valence-corrected chi connectivity index (χ1v) is 7.88. The van der Waals surface area contributed by atoms with E-state index in [0.29, 0.717) is 13.0 Å². The van der Waals surface area contributed by atoms with E-state index in [1.165, 1.54) is 0 Å². The maximum atomic E-state index is 12.1. The number of nitrogens with two attached hydrogens (primary N) is 1. The Morgan fingerprint density at radius 1 is 1.21 bits per heavy atom. The van der Waals surface area contributed by atoms with E-state index >= 15 is 0 Å². The molecule has 7 heteroatoms. The predicted molar refractivity (Wildman–Crippen MR) is 90.0 cm³/mol. The Morgan fingerprint density at radius 2 is 1.83 bits per heavy atom. The van der Waals surface area contributed by atoms with E-state index in [9.17, 15) is 14.4 Å². The lowest BCUT2D eigenvalue weighted by molar-refractivity contribution is -0.127. The summed E-state index contributed by atoms with van der Waals surface area (Å²) >= 11 is 0. The van der Waals surface area contributed by atoms with E-state index in [1.54, 1.807) is 4.90 Å². The molecule has 24 heavy (non-hydrogen) atoms. The van der Waals surface area contributed by atoms with Crippen LogP contribution in [0.15, 0.2) is 24.3 Å². The smallest absolute Gasteiger partial charge is 0.321 e. The van der Waals surface area contributed by atoms with Gasteiger partial charge in [-0.15, -0.1) is 0 Å². The van der Waals surface area contributed by atoms with E-state index in [1.807, 2.05) is 45.0 Å². The minimum absolute atomic E-state index is 0.0699. The molecule has 0 aliphatic carbocycles. The zero-order chi connectivity index (χ0) is 17.9. The van der Waals surface area contributed by atoms with Crippen molar-refractivity contribution >= 4 is 17.8 Å². The summed E-state index contributed by atoms with van der Waals surface area (Å²) in [5.41, 5.74) is 7.16. The lowest BCUT2D eigenvalue weighted by Crippen LogP contribution is -2.54. The van der Waals surface area contributed by atoms with Crippen LogP contribution >= 0.6 is 0 Å². The number of urea groups is 1. The van der Waals surface area contributed by atoms with Gasteiger partial charge in [-0.2, -0.15) is 0 Å². The van der Waals surface area contributed by atoms with Crippen molar-refractivity contribution in [3.05, 3.63) is 35.4 Å². The van der Waals surface area contributed by atoms with Crippen LogP contribution in [0.3, 0.4) is 0 Å². The first-order chi connectivity index (χ1) is 11.2. The minimum Gasteiger partial charge on any atom is -0.368 e. The van der Waals surface area contributed by atoms with Crippen LogP contribution in [0.2, 0.25) is 0 Å². The summed E-state index contributed by atoms with van der Waals surface area (Å²) in [5.74, 6) is -0.946. The highest BCUT2D eigenvalue weighted by Gasteiger charge is 2.31.